The van der Waals surface area contributed by atoms with Gasteiger partial charge in [-0.15, -0.1) is 10.2 Å². The van der Waals surface area contributed by atoms with E-state index in [0.717, 1.165) is 0 Å². The number of aryl methyl sites for hydroxylation is 1. The van der Waals surface area contributed by atoms with Crippen molar-refractivity contribution in [1.82, 2.24) is 19.5 Å². The zero-order valence-corrected chi connectivity index (χ0v) is 16.4. The first-order chi connectivity index (χ1) is 12.7. The van der Waals surface area contributed by atoms with Crippen LogP contribution in [-0.2, 0) is 30.0 Å². The number of sulfonamides is 1. The third-order valence-electron chi connectivity index (χ3n) is 4.48. The summed E-state index contributed by atoms with van der Waals surface area (Å²) in [5.74, 6) is 0.407. The summed E-state index contributed by atoms with van der Waals surface area (Å²) in [5.41, 5.74) is 2.33. The summed E-state index contributed by atoms with van der Waals surface area (Å²) < 4.78 is 48.7. The van der Waals surface area contributed by atoms with Crippen LogP contribution in [0.4, 0.5) is 4.39 Å². The Labute approximate surface area is 157 Å². The van der Waals surface area contributed by atoms with E-state index < -0.39 is 10.0 Å². The molecule has 0 atom stereocenters. The molecule has 0 saturated heterocycles. The van der Waals surface area contributed by atoms with Gasteiger partial charge in [-0.25, -0.2) is 17.5 Å². The lowest BCUT2D eigenvalue weighted by atomic mass is 10.2. The molecule has 9 heteroatoms. The molecular formula is C18H21FN4O3S. The second-order valence-corrected chi connectivity index (χ2v) is 7.96. The van der Waals surface area contributed by atoms with Crippen molar-refractivity contribution >= 4 is 10.0 Å². The molecule has 144 valence electrons. The van der Waals surface area contributed by atoms with Crippen molar-refractivity contribution in [3.05, 3.63) is 52.8 Å². The molecule has 1 N–H and O–H groups in total. The molecule has 3 rings (SSSR count). The number of halogens is 1. The monoisotopic (exact) mass is 392 g/mol. The number of hydrogen-bond donors (Lipinski definition) is 1. The Bertz CT molecular complexity index is 1070. The molecule has 7 nitrogen and oxygen atoms in total. The highest BCUT2D eigenvalue weighted by Crippen LogP contribution is 2.32. The Morgan fingerprint density at radius 2 is 1.85 bits per heavy atom. The van der Waals surface area contributed by atoms with Crippen LogP contribution < -0.4 is 4.72 Å². The molecule has 0 radical (unpaired) electrons. The van der Waals surface area contributed by atoms with E-state index >= 15 is 0 Å². The van der Waals surface area contributed by atoms with E-state index in [2.05, 4.69) is 14.9 Å². The van der Waals surface area contributed by atoms with Gasteiger partial charge >= 0.3 is 0 Å². The summed E-state index contributed by atoms with van der Waals surface area (Å²) in [7, 11) is -2.04. The summed E-state index contributed by atoms with van der Waals surface area (Å²) in [5, 5.41) is 7.98. The lowest BCUT2D eigenvalue weighted by Crippen LogP contribution is -2.24. The van der Waals surface area contributed by atoms with Gasteiger partial charge in [0.15, 0.2) is 0 Å². The Morgan fingerprint density at radius 3 is 2.44 bits per heavy atom. The van der Waals surface area contributed by atoms with Gasteiger partial charge in [-0.2, -0.15) is 0 Å². The molecule has 2 heterocycles. The second kappa shape index (κ2) is 7.24. The van der Waals surface area contributed by atoms with Gasteiger partial charge in [0.2, 0.25) is 15.9 Å². The quantitative estimate of drug-likeness (QED) is 0.697. The van der Waals surface area contributed by atoms with Crippen molar-refractivity contribution in [2.24, 2.45) is 7.05 Å². The minimum Gasteiger partial charge on any atom is -0.419 e. The number of rotatable bonds is 6. The summed E-state index contributed by atoms with van der Waals surface area (Å²) in [6.07, 6.45) is 0.597. The predicted octanol–water partition coefficient (Wildman–Crippen LogP) is 2.87. The summed E-state index contributed by atoms with van der Waals surface area (Å²) in [6.45, 7) is 5.40. The van der Waals surface area contributed by atoms with Crippen molar-refractivity contribution in [2.45, 2.75) is 38.6 Å². The fourth-order valence-electron chi connectivity index (χ4n) is 3.00. The summed E-state index contributed by atoms with van der Waals surface area (Å²) >= 11 is 0. The number of benzene rings is 1. The Morgan fingerprint density at radius 1 is 1.19 bits per heavy atom. The normalized spacial score (nSPS) is 11.9. The van der Waals surface area contributed by atoms with E-state index in [1.807, 2.05) is 6.92 Å². The first-order valence-corrected chi connectivity index (χ1v) is 9.95. The fraction of sp³-hybridized carbons (Fsp3) is 0.333. The Kier molecular flexibility index (Phi) is 5.16. The van der Waals surface area contributed by atoms with E-state index in [1.54, 1.807) is 37.6 Å². The molecule has 1 aromatic carbocycles. The molecule has 0 amide bonds. The Hall–Kier alpha value is -2.52. The minimum absolute atomic E-state index is 0.0618. The van der Waals surface area contributed by atoms with Crippen LogP contribution in [0.15, 0.2) is 33.6 Å². The Balaban J connectivity index is 1.95. The van der Waals surface area contributed by atoms with Crippen LogP contribution in [0.2, 0.25) is 0 Å². The zero-order chi connectivity index (χ0) is 19.8. The maximum atomic E-state index is 13.0. The molecule has 0 fully saturated rings. The van der Waals surface area contributed by atoms with Crippen LogP contribution in [0.1, 0.15) is 29.6 Å². The fourth-order valence-corrected chi connectivity index (χ4v) is 4.52. The average Bonchev–Trinajstić information content (AvgIpc) is 3.17. The van der Waals surface area contributed by atoms with Crippen molar-refractivity contribution in [2.75, 3.05) is 0 Å². The van der Waals surface area contributed by atoms with Gasteiger partial charge in [0.1, 0.15) is 16.4 Å². The van der Waals surface area contributed by atoms with Crippen molar-refractivity contribution in [3.63, 3.8) is 0 Å². The van der Waals surface area contributed by atoms with Gasteiger partial charge in [0.05, 0.1) is 0 Å². The molecule has 0 spiro atoms. The molecule has 0 saturated carbocycles. The lowest BCUT2D eigenvalue weighted by molar-refractivity contribution is 0.508. The molecule has 27 heavy (non-hydrogen) atoms. The molecule has 0 aliphatic carbocycles. The molecule has 0 unspecified atom stereocenters. The molecule has 2 aromatic heterocycles. The van der Waals surface area contributed by atoms with Crippen LogP contribution in [0, 0.1) is 19.7 Å². The molecule has 3 aromatic rings. The van der Waals surface area contributed by atoms with Crippen molar-refractivity contribution in [1.29, 1.82) is 0 Å². The van der Waals surface area contributed by atoms with E-state index in [4.69, 9.17) is 4.42 Å². The smallest absolute Gasteiger partial charge is 0.264 e. The zero-order valence-electron chi connectivity index (χ0n) is 15.6. The van der Waals surface area contributed by atoms with Crippen LogP contribution in [0.25, 0.3) is 11.6 Å². The highest BCUT2D eigenvalue weighted by molar-refractivity contribution is 7.89. The van der Waals surface area contributed by atoms with E-state index in [1.165, 1.54) is 12.1 Å². The van der Waals surface area contributed by atoms with Gasteiger partial charge in [0, 0.05) is 31.3 Å². The van der Waals surface area contributed by atoms with Crippen molar-refractivity contribution in [3.8, 4) is 11.6 Å². The maximum absolute atomic E-state index is 13.0. The highest BCUT2D eigenvalue weighted by atomic mass is 32.2. The topological polar surface area (TPSA) is 90.0 Å². The van der Waals surface area contributed by atoms with Gasteiger partial charge in [-0.05, 0) is 31.5 Å². The van der Waals surface area contributed by atoms with E-state index in [9.17, 15) is 12.8 Å². The molecular weight excluding hydrogens is 371 g/mol. The van der Waals surface area contributed by atoms with Crippen LogP contribution >= 0.6 is 0 Å². The van der Waals surface area contributed by atoms with E-state index in [-0.39, 0.29) is 23.1 Å². The average molecular weight is 392 g/mol. The first kappa shape index (κ1) is 19.2. The first-order valence-electron chi connectivity index (χ1n) is 8.47. The van der Waals surface area contributed by atoms with Gasteiger partial charge in [-0.1, -0.05) is 19.1 Å². The van der Waals surface area contributed by atoms with Crippen molar-refractivity contribution < 1.29 is 17.2 Å². The van der Waals surface area contributed by atoms with Crippen LogP contribution in [0.5, 0.6) is 0 Å². The summed E-state index contributed by atoms with van der Waals surface area (Å²) in [6, 6.07) is 5.67. The SMILES string of the molecule is CCc1nnc(-c2c(C)c(S(=O)(=O)NCc3ccc(F)cc3)c(C)n2C)o1. The number of nitrogens with one attached hydrogen (secondary N) is 1. The van der Waals surface area contributed by atoms with Gasteiger partial charge in [-0.3, -0.25) is 0 Å². The number of aromatic nitrogens is 3. The van der Waals surface area contributed by atoms with Gasteiger partial charge < -0.3 is 8.98 Å². The molecule has 0 bridgehead atoms. The number of hydrogen-bond acceptors (Lipinski definition) is 5. The number of nitrogens with zero attached hydrogens (tertiary/aromatic N) is 3. The minimum atomic E-state index is -3.79. The molecule has 0 aliphatic rings. The third-order valence-corrected chi connectivity index (χ3v) is 6.15. The van der Waals surface area contributed by atoms with Gasteiger partial charge in [0.25, 0.3) is 5.89 Å². The van der Waals surface area contributed by atoms with E-state index in [0.29, 0.717) is 34.8 Å². The highest BCUT2D eigenvalue weighted by Gasteiger charge is 2.28. The standard InChI is InChI=1S/C18H21FN4O3S/c1-5-15-21-22-18(26-15)16-11(2)17(12(3)23(16)4)27(24,25)20-10-13-6-8-14(19)9-7-13/h6-9,20H,5,10H2,1-4H3. The summed E-state index contributed by atoms with van der Waals surface area (Å²) in [4.78, 5) is 0.179. The third kappa shape index (κ3) is 3.65. The molecule has 0 aliphatic heterocycles. The predicted molar refractivity (Wildman–Crippen MR) is 98.0 cm³/mol. The van der Waals surface area contributed by atoms with Crippen LogP contribution in [-0.4, -0.2) is 23.2 Å². The lowest BCUT2D eigenvalue weighted by Gasteiger charge is -2.08. The largest absolute Gasteiger partial charge is 0.419 e. The van der Waals surface area contributed by atoms with Crippen LogP contribution in [0.3, 0.4) is 0 Å². The maximum Gasteiger partial charge on any atom is 0.264 e. The second-order valence-electron chi connectivity index (χ2n) is 6.25.